The highest BCUT2D eigenvalue weighted by Gasteiger charge is 2.38. The lowest BCUT2D eigenvalue weighted by atomic mass is 9.89. The second-order valence-corrected chi connectivity index (χ2v) is 10.3. The maximum atomic E-state index is 14.6. The smallest absolute Gasteiger partial charge is 0.343 e. The second-order valence-electron chi connectivity index (χ2n) is 10.3. The van der Waals surface area contributed by atoms with Gasteiger partial charge in [0.2, 0.25) is 11.8 Å². The molecule has 4 heterocycles. The molecule has 0 spiro atoms. The normalized spacial score (nSPS) is 22.6. The van der Waals surface area contributed by atoms with Crippen molar-refractivity contribution in [1.82, 2.24) is 29.9 Å². The summed E-state index contributed by atoms with van der Waals surface area (Å²) < 4.78 is 69.7. The standard InChI is InChI=1S/C25H27F5N6O3/c26-18-3-1-2-17(22(18)27)15-5-4-14(23-33-32-19(36(23)12-15)11-25(28,29)30)10-21(38)34-8-6-16(7-9-34)35-13-20(37)31-24(35)39/h1-3,14-16H,4-13H2,(H,31,37,39)/t14-,15+/m0/s1. The number of benzene rings is 1. The first-order chi connectivity index (χ1) is 18.5. The van der Waals surface area contributed by atoms with Gasteiger partial charge >= 0.3 is 12.2 Å². The molecule has 1 aromatic heterocycles. The van der Waals surface area contributed by atoms with E-state index in [0.29, 0.717) is 38.8 Å². The van der Waals surface area contributed by atoms with Crippen LogP contribution in [0.15, 0.2) is 18.2 Å². The lowest BCUT2D eigenvalue weighted by Gasteiger charge is -2.36. The predicted molar refractivity (Wildman–Crippen MR) is 125 cm³/mol. The summed E-state index contributed by atoms with van der Waals surface area (Å²) >= 11 is 0. The number of hydrogen-bond acceptors (Lipinski definition) is 5. The average Bonchev–Trinajstić information content (AvgIpc) is 3.36. The SMILES string of the molecule is O=C1CN(C2CCN(C(=O)C[C@@H]3CC[C@@H](c4cccc(F)c4F)Cn4c(CC(F)(F)F)nnc43)CC2)C(=O)N1. The minimum atomic E-state index is -4.55. The van der Waals surface area contributed by atoms with Crippen molar-refractivity contribution in [2.75, 3.05) is 19.6 Å². The topological polar surface area (TPSA) is 100 Å². The molecule has 2 atom stereocenters. The molecule has 4 amide bonds. The van der Waals surface area contributed by atoms with E-state index in [4.69, 9.17) is 0 Å². The van der Waals surface area contributed by atoms with Crippen LogP contribution in [-0.4, -0.2) is 74.3 Å². The summed E-state index contributed by atoms with van der Waals surface area (Å²) in [5.41, 5.74) is 0.0612. The number of alkyl halides is 3. The number of carbonyl (C=O) groups is 3. The highest BCUT2D eigenvalue weighted by atomic mass is 19.4. The Kier molecular flexibility index (Phi) is 7.29. The highest BCUT2D eigenvalue weighted by Crippen LogP contribution is 2.38. The molecule has 0 bridgehead atoms. The van der Waals surface area contributed by atoms with E-state index < -0.39 is 42.1 Å². The number of aromatic nitrogens is 3. The number of nitrogens with one attached hydrogen (secondary N) is 1. The molecule has 3 aliphatic heterocycles. The van der Waals surface area contributed by atoms with Gasteiger partial charge in [-0.3, -0.25) is 14.9 Å². The van der Waals surface area contributed by atoms with Crippen LogP contribution >= 0.6 is 0 Å². The highest BCUT2D eigenvalue weighted by molar-refractivity contribution is 6.02. The van der Waals surface area contributed by atoms with E-state index in [9.17, 15) is 36.3 Å². The Hall–Kier alpha value is -3.58. The zero-order valence-electron chi connectivity index (χ0n) is 20.9. The van der Waals surface area contributed by atoms with Crippen LogP contribution in [0.1, 0.15) is 61.2 Å². The number of urea groups is 1. The van der Waals surface area contributed by atoms with E-state index in [-0.39, 0.29) is 54.6 Å². The average molecular weight is 555 g/mol. The molecule has 2 saturated heterocycles. The monoisotopic (exact) mass is 554 g/mol. The molecule has 39 heavy (non-hydrogen) atoms. The first-order valence-corrected chi connectivity index (χ1v) is 12.8. The molecule has 1 N–H and O–H groups in total. The van der Waals surface area contributed by atoms with Gasteiger partial charge in [0.25, 0.3) is 0 Å². The maximum absolute atomic E-state index is 14.6. The summed E-state index contributed by atoms with van der Waals surface area (Å²) in [7, 11) is 0. The summed E-state index contributed by atoms with van der Waals surface area (Å²) in [5.74, 6) is -3.97. The minimum Gasteiger partial charge on any atom is -0.343 e. The Morgan fingerprint density at radius 3 is 2.46 bits per heavy atom. The fourth-order valence-electron chi connectivity index (χ4n) is 5.81. The van der Waals surface area contributed by atoms with Gasteiger partial charge < -0.3 is 14.4 Å². The zero-order valence-corrected chi connectivity index (χ0v) is 20.9. The predicted octanol–water partition coefficient (Wildman–Crippen LogP) is 3.26. The van der Waals surface area contributed by atoms with Crippen LogP contribution in [0.25, 0.3) is 0 Å². The number of imide groups is 1. The molecule has 1 aromatic carbocycles. The van der Waals surface area contributed by atoms with Crippen molar-refractivity contribution < 1.29 is 36.3 Å². The number of likely N-dealkylation sites (tertiary alicyclic amines) is 1. The van der Waals surface area contributed by atoms with E-state index in [1.165, 1.54) is 21.6 Å². The fraction of sp³-hybridized carbons (Fsp3) is 0.560. The third-order valence-electron chi connectivity index (χ3n) is 7.77. The molecular weight excluding hydrogens is 527 g/mol. The maximum Gasteiger partial charge on any atom is 0.396 e. The minimum absolute atomic E-state index is 0.0114. The van der Waals surface area contributed by atoms with Gasteiger partial charge in [-0.25, -0.2) is 13.6 Å². The summed E-state index contributed by atoms with van der Waals surface area (Å²) in [6.45, 7) is 0.637. The number of amides is 4. The van der Waals surface area contributed by atoms with Crippen molar-refractivity contribution in [3.8, 4) is 0 Å². The van der Waals surface area contributed by atoms with Gasteiger partial charge in [0, 0.05) is 43.9 Å². The van der Waals surface area contributed by atoms with Crippen LogP contribution in [0.2, 0.25) is 0 Å². The Morgan fingerprint density at radius 2 is 1.79 bits per heavy atom. The lowest BCUT2D eigenvalue weighted by Crippen LogP contribution is -2.47. The molecule has 9 nitrogen and oxygen atoms in total. The summed E-state index contributed by atoms with van der Waals surface area (Å²) in [6.07, 6.45) is -4.30. The van der Waals surface area contributed by atoms with Crippen molar-refractivity contribution in [2.45, 2.75) is 69.1 Å². The quantitative estimate of drug-likeness (QED) is 0.452. The van der Waals surface area contributed by atoms with Gasteiger partial charge in [-0.05, 0) is 37.3 Å². The zero-order chi connectivity index (χ0) is 27.9. The number of hydrogen-bond donors (Lipinski definition) is 1. The van der Waals surface area contributed by atoms with Gasteiger partial charge in [-0.1, -0.05) is 12.1 Å². The summed E-state index contributed by atoms with van der Waals surface area (Å²) in [4.78, 5) is 39.8. The largest absolute Gasteiger partial charge is 0.396 e. The van der Waals surface area contributed by atoms with Gasteiger partial charge in [-0.15, -0.1) is 10.2 Å². The van der Waals surface area contributed by atoms with Crippen molar-refractivity contribution in [2.24, 2.45) is 0 Å². The molecule has 5 rings (SSSR count). The Bertz CT molecular complexity index is 1270. The van der Waals surface area contributed by atoms with Gasteiger partial charge in [0.1, 0.15) is 24.6 Å². The lowest BCUT2D eigenvalue weighted by molar-refractivity contribution is -0.133. The van der Waals surface area contributed by atoms with Crippen molar-refractivity contribution in [3.05, 3.63) is 47.0 Å². The van der Waals surface area contributed by atoms with Gasteiger partial charge in [0.15, 0.2) is 11.6 Å². The van der Waals surface area contributed by atoms with Crippen LogP contribution in [0.3, 0.4) is 0 Å². The Morgan fingerprint density at radius 1 is 1.05 bits per heavy atom. The van der Waals surface area contributed by atoms with Crippen LogP contribution in [-0.2, 0) is 22.6 Å². The molecule has 0 unspecified atom stereocenters. The van der Waals surface area contributed by atoms with E-state index in [0.717, 1.165) is 6.07 Å². The van der Waals surface area contributed by atoms with Gasteiger partial charge in [-0.2, -0.15) is 13.2 Å². The molecule has 2 aromatic rings. The van der Waals surface area contributed by atoms with Crippen LogP contribution in [0, 0.1) is 11.6 Å². The molecule has 0 radical (unpaired) electrons. The number of nitrogens with zero attached hydrogens (tertiary/aromatic N) is 5. The molecule has 210 valence electrons. The van der Waals surface area contributed by atoms with Crippen molar-refractivity contribution in [3.63, 3.8) is 0 Å². The van der Waals surface area contributed by atoms with E-state index in [2.05, 4.69) is 15.5 Å². The molecule has 14 heteroatoms. The first kappa shape index (κ1) is 27.0. The van der Waals surface area contributed by atoms with Crippen molar-refractivity contribution in [1.29, 1.82) is 0 Å². The van der Waals surface area contributed by atoms with Gasteiger partial charge in [0.05, 0.1) is 0 Å². The third-order valence-corrected chi connectivity index (χ3v) is 7.77. The molecule has 0 saturated carbocycles. The number of carbonyl (C=O) groups excluding carboxylic acids is 3. The Balaban J connectivity index is 1.32. The fourth-order valence-corrected chi connectivity index (χ4v) is 5.81. The number of rotatable bonds is 5. The molecule has 0 aliphatic carbocycles. The molecule has 2 fully saturated rings. The van der Waals surface area contributed by atoms with Crippen LogP contribution in [0.5, 0.6) is 0 Å². The second kappa shape index (κ2) is 10.5. The van der Waals surface area contributed by atoms with Crippen LogP contribution < -0.4 is 5.32 Å². The Labute approximate surface area is 220 Å². The van der Waals surface area contributed by atoms with E-state index in [1.54, 1.807) is 4.90 Å². The van der Waals surface area contributed by atoms with Crippen LogP contribution in [0.4, 0.5) is 26.7 Å². The molecular formula is C25H27F5N6O3. The van der Waals surface area contributed by atoms with E-state index in [1.807, 2.05) is 0 Å². The first-order valence-electron chi connectivity index (χ1n) is 12.8. The van der Waals surface area contributed by atoms with E-state index >= 15 is 0 Å². The third kappa shape index (κ3) is 5.74. The number of piperidine rings is 1. The van der Waals surface area contributed by atoms with Crippen molar-refractivity contribution >= 4 is 17.8 Å². The molecule has 3 aliphatic rings. The number of halogens is 5. The summed E-state index contributed by atoms with van der Waals surface area (Å²) in [6, 6.07) is 3.14. The summed E-state index contributed by atoms with van der Waals surface area (Å²) in [5, 5.41) is 10.0. The number of fused-ring (bicyclic) bond motifs is 1.